The van der Waals surface area contributed by atoms with Gasteiger partial charge in [-0.3, -0.25) is 14.9 Å². The number of ether oxygens (including phenoxy) is 4. The molecule has 174 valence electrons. The van der Waals surface area contributed by atoms with Crippen LogP contribution in [0.15, 0.2) is 18.2 Å². The molecule has 0 saturated carbocycles. The largest absolute Gasteiger partial charge is 0.454 e. The number of hydrogen-bond acceptors (Lipinski definition) is 8. The van der Waals surface area contributed by atoms with Gasteiger partial charge in [0.25, 0.3) is 5.91 Å². The molecular weight excluding hydrogens is 446 g/mol. The lowest BCUT2D eigenvalue weighted by molar-refractivity contribution is -0.187. The molecule has 1 aromatic heterocycles. The van der Waals surface area contributed by atoms with Gasteiger partial charge in [0, 0.05) is 36.4 Å². The van der Waals surface area contributed by atoms with Gasteiger partial charge in [-0.2, -0.15) is 0 Å². The first-order valence-corrected chi connectivity index (χ1v) is 12.2. The van der Waals surface area contributed by atoms with E-state index in [2.05, 4.69) is 5.32 Å². The second-order valence-corrected chi connectivity index (χ2v) is 9.81. The van der Waals surface area contributed by atoms with Gasteiger partial charge in [0.05, 0.1) is 24.8 Å². The third kappa shape index (κ3) is 3.85. The highest BCUT2D eigenvalue weighted by molar-refractivity contribution is 7.16. The van der Waals surface area contributed by atoms with E-state index in [1.165, 1.54) is 11.3 Å². The van der Waals surface area contributed by atoms with Crippen molar-refractivity contribution in [3.8, 4) is 11.5 Å². The van der Waals surface area contributed by atoms with E-state index in [0.29, 0.717) is 61.3 Å². The number of likely N-dealkylation sites (tertiary alicyclic amines) is 1. The van der Waals surface area contributed by atoms with E-state index in [1.807, 2.05) is 4.90 Å². The molecule has 3 aliphatic heterocycles. The van der Waals surface area contributed by atoms with Crippen molar-refractivity contribution in [2.75, 3.05) is 38.4 Å². The number of nitrogens with one attached hydrogen (secondary N) is 1. The van der Waals surface area contributed by atoms with Gasteiger partial charge in [0.15, 0.2) is 22.4 Å². The zero-order valence-electron chi connectivity index (χ0n) is 18.1. The average Bonchev–Trinajstić information content (AvgIpc) is 3.58. The van der Waals surface area contributed by atoms with Crippen molar-refractivity contribution in [3.05, 3.63) is 34.3 Å². The standard InChI is InChI=1S/C23H25N3O6S/c27-20(14-4-5-16-17(12-14)30-13-29-16)25-22-24-19-15(2-1-3-18(19)33-22)21(28)26-8-6-23(7-9-26)31-10-11-32-23/h4-5,12,15H,1-3,6-11,13H2,(H,24,25,27)/t15-/m0/s1. The molecule has 0 unspecified atom stereocenters. The van der Waals surface area contributed by atoms with Crippen LogP contribution in [-0.4, -0.2) is 60.6 Å². The summed E-state index contributed by atoms with van der Waals surface area (Å²) < 4.78 is 22.2. The third-order valence-corrected chi connectivity index (χ3v) is 7.80. The summed E-state index contributed by atoms with van der Waals surface area (Å²) >= 11 is 1.46. The molecule has 0 radical (unpaired) electrons. The first kappa shape index (κ1) is 20.9. The summed E-state index contributed by atoms with van der Waals surface area (Å²) in [6.07, 6.45) is 3.99. The van der Waals surface area contributed by atoms with Crippen LogP contribution in [0, 0.1) is 0 Å². The highest BCUT2D eigenvalue weighted by Crippen LogP contribution is 2.40. The summed E-state index contributed by atoms with van der Waals surface area (Å²) in [6, 6.07) is 5.09. The lowest BCUT2D eigenvalue weighted by Gasteiger charge is -2.39. The monoisotopic (exact) mass is 471 g/mol. The lowest BCUT2D eigenvalue weighted by Crippen LogP contribution is -2.48. The van der Waals surface area contributed by atoms with E-state index in [0.717, 1.165) is 29.8 Å². The van der Waals surface area contributed by atoms with Crippen LogP contribution in [0.5, 0.6) is 11.5 Å². The Morgan fingerprint density at radius 2 is 1.91 bits per heavy atom. The normalized spacial score (nSPS) is 22.9. The Kier molecular flexibility index (Phi) is 5.23. The number of thiazole rings is 1. The van der Waals surface area contributed by atoms with E-state index < -0.39 is 5.79 Å². The van der Waals surface area contributed by atoms with Gasteiger partial charge >= 0.3 is 0 Å². The molecular formula is C23H25N3O6S. The molecule has 2 amide bonds. The van der Waals surface area contributed by atoms with E-state index in [1.54, 1.807) is 18.2 Å². The molecule has 4 aliphatic rings. The highest BCUT2D eigenvalue weighted by Gasteiger charge is 2.42. The molecule has 1 atom stereocenters. The minimum atomic E-state index is -0.499. The van der Waals surface area contributed by atoms with Crippen LogP contribution in [0.25, 0.3) is 0 Å². The van der Waals surface area contributed by atoms with Crippen LogP contribution in [-0.2, 0) is 20.7 Å². The van der Waals surface area contributed by atoms with Crippen molar-refractivity contribution in [2.45, 2.75) is 43.8 Å². The first-order valence-electron chi connectivity index (χ1n) is 11.4. The summed E-state index contributed by atoms with van der Waals surface area (Å²) in [5, 5.41) is 3.41. The molecule has 6 rings (SSSR count). The SMILES string of the molecule is O=C(Nc1nc2c(s1)CCC[C@@H]2C(=O)N1CCC2(CC1)OCCO2)c1ccc2c(c1)OCO2. The summed E-state index contributed by atoms with van der Waals surface area (Å²) in [7, 11) is 0. The Morgan fingerprint density at radius 1 is 1.12 bits per heavy atom. The molecule has 1 aromatic carbocycles. The number of aryl methyl sites for hydroxylation is 1. The zero-order valence-corrected chi connectivity index (χ0v) is 18.9. The summed E-state index contributed by atoms with van der Waals surface area (Å²) in [6.45, 7) is 2.66. The minimum Gasteiger partial charge on any atom is -0.454 e. The van der Waals surface area contributed by atoms with Crippen LogP contribution < -0.4 is 14.8 Å². The molecule has 1 N–H and O–H groups in total. The Balaban J connectivity index is 1.15. The topological polar surface area (TPSA) is 99.2 Å². The van der Waals surface area contributed by atoms with Gasteiger partial charge in [-0.05, 0) is 37.5 Å². The van der Waals surface area contributed by atoms with E-state index in [-0.39, 0.29) is 24.5 Å². The molecule has 10 heteroatoms. The van der Waals surface area contributed by atoms with Crippen molar-refractivity contribution >= 4 is 28.3 Å². The Bertz CT molecular complexity index is 1090. The average molecular weight is 472 g/mol. The molecule has 0 bridgehead atoms. The number of carbonyl (C=O) groups is 2. The predicted molar refractivity (Wildman–Crippen MR) is 119 cm³/mol. The maximum absolute atomic E-state index is 13.4. The van der Waals surface area contributed by atoms with Crippen LogP contribution in [0.3, 0.4) is 0 Å². The van der Waals surface area contributed by atoms with Crippen molar-refractivity contribution in [2.24, 2.45) is 0 Å². The quantitative estimate of drug-likeness (QED) is 0.735. The first-order chi connectivity index (χ1) is 16.1. The number of aromatic nitrogens is 1. The smallest absolute Gasteiger partial charge is 0.257 e. The Labute approximate surface area is 195 Å². The number of rotatable bonds is 3. The van der Waals surface area contributed by atoms with Gasteiger partial charge in [0.2, 0.25) is 12.7 Å². The van der Waals surface area contributed by atoms with Crippen molar-refractivity contribution < 1.29 is 28.5 Å². The highest BCUT2D eigenvalue weighted by atomic mass is 32.1. The van der Waals surface area contributed by atoms with E-state index in [4.69, 9.17) is 23.9 Å². The second kappa shape index (κ2) is 8.27. The Morgan fingerprint density at radius 3 is 2.73 bits per heavy atom. The molecule has 2 aromatic rings. The second-order valence-electron chi connectivity index (χ2n) is 8.73. The number of hydrogen-bond donors (Lipinski definition) is 1. The van der Waals surface area contributed by atoms with Crippen LogP contribution >= 0.6 is 11.3 Å². The number of amides is 2. The number of nitrogens with zero attached hydrogens (tertiary/aromatic N) is 2. The fraction of sp³-hybridized carbons (Fsp3) is 0.522. The van der Waals surface area contributed by atoms with Crippen molar-refractivity contribution in [1.82, 2.24) is 9.88 Å². The Hall–Kier alpha value is -2.69. The number of carbonyl (C=O) groups excluding carboxylic acids is 2. The zero-order chi connectivity index (χ0) is 22.4. The number of anilines is 1. The maximum Gasteiger partial charge on any atom is 0.257 e. The van der Waals surface area contributed by atoms with Gasteiger partial charge in [-0.25, -0.2) is 4.98 Å². The van der Waals surface area contributed by atoms with Gasteiger partial charge in [-0.1, -0.05) is 0 Å². The van der Waals surface area contributed by atoms with Crippen molar-refractivity contribution in [3.63, 3.8) is 0 Å². The molecule has 2 fully saturated rings. The number of piperidine rings is 1. The van der Waals surface area contributed by atoms with Crippen LogP contribution in [0.4, 0.5) is 5.13 Å². The molecule has 1 aliphatic carbocycles. The van der Waals surface area contributed by atoms with Crippen LogP contribution in [0.2, 0.25) is 0 Å². The fourth-order valence-electron chi connectivity index (χ4n) is 4.99. The fourth-order valence-corrected chi connectivity index (χ4v) is 6.05. The molecule has 33 heavy (non-hydrogen) atoms. The van der Waals surface area contributed by atoms with Crippen molar-refractivity contribution in [1.29, 1.82) is 0 Å². The number of fused-ring (bicyclic) bond motifs is 2. The van der Waals surface area contributed by atoms with Gasteiger partial charge in [-0.15, -0.1) is 11.3 Å². The summed E-state index contributed by atoms with van der Waals surface area (Å²) in [4.78, 5) is 33.8. The summed E-state index contributed by atoms with van der Waals surface area (Å²) in [5.41, 5.74) is 1.28. The van der Waals surface area contributed by atoms with Gasteiger partial charge in [0.1, 0.15) is 0 Å². The molecule has 1 spiro atoms. The van der Waals surface area contributed by atoms with Gasteiger partial charge < -0.3 is 23.8 Å². The molecule has 9 nitrogen and oxygen atoms in total. The molecule has 4 heterocycles. The third-order valence-electron chi connectivity index (χ3n) is 6.76. The molecule has 2 saturated heterocycles. The van der Waals surface area contributed by atoms with Crippen LogP contribution in [0.1, 0.15) is 52.5 Å². The van der Waals surface area contributed by atoms with E-state index in [9.17, 15) is 9.59 Å². The lowest BCUT2D eigenvalue weighted by atomic mass is 9.89. The van der Waals surface area contributed by atoms with E-state index >= 15 is 0 Å². The minimum absolute atomic E-state index is 0.114. The maximum atomic E-state index is 13.4. The number of benzene rings is 1. The summed E-state index contributed by atoms with van der Waals surface area (Å²) in [5.74, 6) is 0.278. The predicted octanol–water partition coefficient (Wildman–Crippen LogP) is 2.91.